The number of halogens is 1. The molecule has 1 heterocycles. The number of piperidine rings is 1. The van der Waals surface area contributed by atoms with Crippen molar-refractivity contribution in [2.24, 2.45) is 0 Å². The lowest BCUT2D eigenvalue weighted by Gasteiger charge is -2.30. The molecule has 2 rings (SSSR count). The van der Waals surface area contributed by atoms with E-state index in [9.17, 15) is 14.3 Å². The number of nitrogens with zero attached hydrogens (tertiary/aromatic N) is 1. The van der Waals surface area contributed by atoms with Gasteiger partial charge in [0.15, 0.2) is 0 Å². The molecular weight excluding hydrogens is 249 g/mol. The van der Waals surface area contributed by atoms with Gasteiger partial charge >= 0.3 is 0 Å². The highest BCUT2D eigenvalue weighted by atomic mass is 19.1. The Morgan fingerprint density at radius 1 is 1.53 bits per heavy atom. The summed E-state index contributed by atoms with van der Waals surface area (Å²) < 4.78 is 18.2. The summed E-state index contributed by atoms with van der Waals surface area (Å²) in [6, 6.07) is 5.84. The van der Waals surface area contributed by atoms with Crippen molar-refractivity contribution in [3.63, 3.8) is 0 Å². The van der Waals surface area contributed by atoms with E-state index in [-0.39, 0.29) is 24.8 Å². The van der Waals surface area contributed by atoms with Crippen molar-refractivity contribution >= 4 is 5.91 Å². The second kappa shape index (κ2) is 6.52. The van der Waals surface area contributed by atoms with E-state index in [4.69, 9.17) is 4.74 Å². The second-order valence-corrected chi connectivity index (χ2v) is 4.69. The first kappa shape index (κ1) is 13.8. The number of aliphatic hydroxyl groups excluding tert-OH is 1. The molecule has 1 saturated heterocycles. The van der Waals surface area contributed by atoms with Gasteiger partial charge in [-0.25, -0.2) is 4.39 Å². The van der Waals surface area contributed by atoms with Crippen LogP contribution in [0.1, 0.15) is 19.3 Å². The van der Waals surface area contributed by atoms with E-state index < -0.39 is 6.10 Å². The smallest absolute Gasteiger partial charge is 0.226 e. The Kier molecular flexibility index (Phi) is 4.74. The van der Waals surface area contributed by atoms with Gasteiger partial charge in [0.05, 0.1) is 19.1 Å². The number of amides is 1. The van der Waals surface area contributed by atoms with Gasteiger partial charge in [-0.15, -0.1) is 0 Å². The lowest BCUT2D eigenvalue weighted by atomic mass is 10.1. The summed E-state index contributed by atoms with van der Waals surface area (Å²) in [6.45, 7) is 1.31. The van der Waals surface area contributed by atoms with Gasteiger partial charge in [-0.2, -0.15) is 0 Å². The summed E-state index contributed by atoms with van der Waals surface area (Å²) in [5.74, 6) is 0.0320. The molecule has 5 heteroatoms. The molecule has 1 aromatic carbocycles. The minimum Gasteiger partial charge on any atom is -0.493 e. The minimum absolute atomic E-state index is 0.0323. The van der Waals surface area contributed by atoms with Gasteiger partial charge in [0.25, 0.3) is 0 Å². The molecule has 1 aromatic rings. The van der Waals surface area contributed by atoms with E-state index in [1.807, 2.05) is 0 Å². The third-order valence-electron chi connectivity index (χ3n) is 3.13. The number of hydrogen-bond acceptors (Lipinski definition) is 3. The summed E-state index contributed by atoms with van der Waals surface area (Å²) in [5.41, 5.74) is 0. The molecule has 0 aromatic heterocycles. The molecule has 19 heavy (non-hydrogen) atoms. The van der Waals surface area contributed by atoms with Crippen molar-refractivity contribution in [3.05, 3.63) is 30.1 Å². The Morgan fingerprint density at radius 3 is 3.11 bits per heavy atom. The van der Waals surface area contributed by atoms with Crippen molar-refractivity contribution in [3.8, 4) is 5.75 Å². The van der Waals surface area contributed by atoms with Crippen molar-refractivity contribution in [2.75, 3.05) is 19.7 Å². The largest absolute Gasteiger partial charge is 0.493 e. The zero-order valence-corrected chi connectivity index (χ0v) is 10.7. The SMILES string of the molecule is O=C(CCOc1cccc(F)c1)N1CCCC(O)C1. The Balaban J connectivity index is 1.74. The second-order valence-electron chi connectivity index (χ2n) is 4.69. The first-order valence-corrected chi connectivity index (χ1v) is 6.49. The zero-order chi connectivity index (χ0) is 13.7. The van der Waals surface area contributed by atoms with Crippen LogP contribution in [0, 0.1) is 5.82 Å². The van der Waals surface area contributed by atoms with Crippen LogP contribution in [0.4, 0.5) is 4.39 Å². The molecule has 4 nitrogen and oxygen atoms in total. The van der Waals surface area contributed by atoms with Gasteiger partial charge in [0.1, 0.15) is 11.6 Å². The highest BCUT2D eigenvalue weighted by molar-refractivity contribution is 5.76. The van der Waals surface area contributed by atoms with Crippen molar-refractivity contribution in [2.45, 2.75) is 25.4 Å². The third kappa shape index (κ3) is 4.21. The highest BCUT2D eigenvalue weighted by Crippen LogP contribution is 2.13. The fourth-order valence-electron chi connectivity index (χ4n) is 2.15. The molecule has 1 aliphatic rings. The highest BCUT2D eigenvalue weighted by Gasteiger charge is 2.21. The van der Waals surface area contributed by atoms with Gasteiger partial charge in [-0.05, 0) is 25.0 Å². The number of rotatable bonds is 4. The van der Waals surface area contributed by atoms with Crippen LogP contribution >= 0.6 is 0 Å². The average Bonchev–Trinajstić information content (AvgIpc) is 2.38. The maximum atomic E-state index is 12.9. The Labute approximate surface area is 111 Å². The lowest BCUT2D eigenvalue weighted by Crippen LogP contribution is -2.42. The van der Waals surface area contributed by atoms with E-state index in [2.05, 4.69) is 0 Å². The van der Waals surface area contributed by atoms with Crippen LogP contribution in [-0.2, 0) is 4.79 Å². The van der Waals surface area contributed by atoms with Crippen LogP contribution in [0.2, 0.25) is 0 Å². The molecule has 1 aliphatic heterocycles. The minimum atomic E-state index is -0.415. The quantitative estimate of drug-likeness (QED) is 0.901. The lowest BCUT2D eigenvalue weighted by molar-refractivity contribution is -0.134. The molecule has 0 saturated carbocycles. The molecule has 1 atom stereocenters. The standard InChI is InChI=1S/C14H18FNO3/c15-11-3-1-5-13(9-11)19-8-6-14(18)16-7-2-4-12(17)10-16/h1,3,5,9,12,17H,2,4,6-8,10H2. The van der Waals surface area contributed by atoms with Gasteiger partial charge in [-0.3, -0.25) is 4.79 Å². The fourth-order valence-corrected chi connectivity index (χ4v) is 2.15. The number of carbonyl (C=O) groups excluding carboxylic acids is 1. The van der Waals surface area contributed by atoms with Crippen molar-refractivity contribution in [1.82, 2.24) is 4.90 Å². The molecule has 104 valence electrons. The topological polar surface area (TPSA) is 49.8 Å². The summed E-state index contributed by atoms with van der Waals surface area (Å²) in [6.07, 6.45) is 1.41. The Hall–Kier alpha value is -1.62. The van der Waals surface area contributed by atoms with E-state index in [0.29, 0.717) is 18.8 Å². The number of benzene rings is 1. The maximum Gasteiger partial charge on any atom is 0.226 e. The van der Waals surface area contributed by atoms with E-state index >= 15 is 0 Å². The van der Waals surface area contributed by atoms with Crippen LogP contribution in [-0.4, -0.2) is 41.7 Å². The summed E-state index contributed by atoms with van der Waals surface area (Å²) in [4.78, 5) is 13.5. The van der Waals surface area contributed by atoms with Crippen LogP contribution in [0.15, 0.2) is 24.3 Å². The van der Waals surface area contributed by atoms with Gasteiger partial charge in [-0.1, -0.05) is 6.07 Å². The predicted molar refractivity (Wildman–Crippen MR) is 68.3 cm³/mol. The van der Waals surface area contributed by atoms with E-state index in [1.165, 1.54) is 12.1 Å². The number of aliphatic hydroxyl groups is 1. The molecular formula is C14H18FNO3. The molecule has 0 spiro atoms. The number of ether oxygens (including phenoxy) is 1. The fraction of sp³-hybridized carbons (Fsp3) is 0.500. The zero-order valence-electron chi connectivity index (χ0n) is 10.7. The van der Waals surface area contributed by atoms with Gasteiger partial charge in [0.2, 0.25) is 5.91 Å². The number of likely N-dealkylation sites (tertiary alicyclic amines) is 1. The molecule has 1 fully saturated rings. The molecule has 0 bridgehead atoms. The van der Waals surface area contributed by atoms with Crippen LogP contribution < -0.4 is 4.74 Å². The van der Waals surface area contributed by atoms with Gasteiger partial charge in [0, 0.05) is 19.2 Å². The molecule has 0 aliphatic carbocycles. The number of β-amino-alcohol motifs (C(OH)–C–C–N with tert-alkyl or cyclic N) is 1. The predicted octanol–water partition coefficient (Wildman–Crippen LogP) is 1.58. The Bertz CT molecular complexity index is 438. The molecule has 1 amide bonds. The normalized spacial score (nSPS) is 19.3. The van der Waals surface area contributed by atoms with E-state index in [1.54, 1.807) is 17.0 Å². The van der Waals surface area contributed by atoms with Crippen LogP contribution in [0.25, 0.3) is 0 Å². The first-order valence-electron chi connectivity index (χ1n) is 6.49. The third-order valence-corrected chi connectivity index (χ3v) is 3.13. The maximum absolute atomic E-state index is 12.9. The van der Waals surface area contributed by atoms with Crippen LogP contribution in [0.3, 0.4) is 0 Å². The monoisotopic (exact) mass is 267 g/mol. The molecule has 1 unspecified atom stereocenters. The summed E-state index contributed by atoms with van der Waals surface area (Å²) in [5, 5.41) is 9.50. The van der Waals surface area contributed by atoms with Crippen molar-refractivity contribution < 1.29 is 19.0 Å². The van der Waals surface area contributed by atoms with Gasteiger partial charge < -0.3 is 14.7 Å². The average molecular weight is 267 g/mol. The summed E-state index contributed by atoms with van der Waals surface area (Å²) >= 11 is 0. The molecule has 1 N–H and O–H groups in total. The molecule has 0 radical (unpaired) electrons. The number of hydrogen-bond donors (Lipinski definition) is 1. The van der Waals surface area contributed by atoms with E-state index in [0.717, 1.165) is 12.8 Å². The Morgan fingerprint density at radius 2 is 2.37 bits per heavy atom. The first-order chi connectivity index (χ1) is 9.15. The van der Waals surface area contributed by atoms with Crippen molar-refractivity contribution in [1.29, 1.82) is 0 Å². The number of carbonyl (C=O) groups is 1. The summed E-state index contributed by atoms with van der Waals surface area (Å²) in [7, 11) is 0. The van der Waals surface area contributed by atoms with Crippen LogP contribution in [0.5, 0.6) is 5.75 Å².